The highest BCUT2D eigenvalue weighted by molar-refractivity contribution is 5.51. The van der Waals surface area contributed by atoms with E-state index in [-0.39, 0.29) is 5.66 Å². The van der Waals surface area contributed by atoms with Crippen LogP contribution < -0.4 is 0 Å². The van der Waals surface area contributed by atoms with Crippen molar-refractivity contribution in [3.8, 4) is 0 Å². The Bertz CT molecular complexity index is 1240. The Balaban J connectivity index is 1.55. The van der Waals surface area contributed by atoms with Gasteiger partial charge in [-0.25, -0.2) is 0 Å². The Kier molecular flexibility index (Phi) is 2.54. The van der Waals surface area contributed by atoms with Crippen LogP contribution in [0.3, 0.4) is 0 Å². The highest BCUT2D eigenvalue weighted by Gasteiger charge is 2.52. The maximum Gasteiger partial charge on any atom is 0.125 e. The van der Waals surface area contributed by atoms with E-state index in [4.69, 9.17) is 0 Å². The predicted molar refractivity (Wildman–Crippen MR) is 114 cm³/mol. The topological polar surface area (TPSA) is 8.17 Å². The van der Waals surface area contributed by atoms with E-state index < -0.39 is 0 Å². The molecule has 0 fully saturated rings. The lowest BCUT2D eigenvalue weighted by Gasteiger charge is -2.47. The zero-order chi connectivity index (χ0) is 18.7. The van der Waals surface area contributed by atoms with Crippen LogP contribution in [0.15, 0.2) is 60.3 Å². The molecule has 6 heterocycles. The number of aromatic nitrogens is 1. The summed E-state index contributed by atoms with van der Waals surface area (Å²) in [5.41, 5.74) is 14.2. The molecule has 5 aliphatic heterocycles. The third kappa shape index (κ3) is 1.72. The SMILES string of the molecule is C1=C2Cc3cccc4c3C[C@]35Cc6c(cccc6CC(C1)N23)Cc1ccc(n15)C4. The molecule has 0 saturated carbocycles. The number of hydrogen-bond acceptors (Lipinski definition) is 1. The van der Waals surface area contributed by atoms with Crippen LogP contribution in [0.25, 0.3) is 0 Å². The first-order valence-corrected chi connectivity index (χ1v) is 11.2. The van der Waals surface area contributed by atoms with E-state index in [1.165, 1.54) is 24.2 Å². The molecule has 2 aromatic carbocycles. The van der Waals surface area contributed by atoms with Gasteiger partial charge in [0.25, 0.3) is 0 Å². The largest absolute Gasteiger partial charge is 0.348 e. The zero-order valence-electron chi connectivity index (χ0n) is 16.6. The normalized spacial score (nSPS) is 27.0. The van der Waals surface area contributed by atoms with Gasteiger partial charge in [-0.15, -0.1) is 0 Å². The predicted octanol–water partition coefficient (Wildman–Crippen LogP) is 4.51. The van der Waals surface area contributed by atoms with E-state index in [0.717, 1.165) is 32.1 Å². The molecule has 2 heteroatoms. The van der Waals surface area contributed by atoms with Gasteiger partial charge in [0, 0.05) is 55.2 Å². The lowest BCUT2D eigenvalue weighted by molar-refractivity contribution is 0.0278. The van der Waals surface area contributed by atoms with Gasteiger partial charge in [-0.3, -0.25) is 0 Å². The van der Waals surface area contributed by atoms with Crippen LogP contribution in [0.2, 0.25) is 0 Å². The highest BCUT2D eigenvalue weighted by atomic mass is 15.4. The number of rotatable bonds is 0. The first-order chi connectivity index (χ1) is 14.3. The van der Waals surface area contributed by atoms with Crippen LogP contribution in [-0.4, -0.2) is 15.5 Å². The molecule has 1 aromatic heterocycles. The summed E-state index contributed by atoms with van der Waals surface area (Å²) in [5.74, 6) is 0. The fraction of sp³-hybridized carbons (Fsp3) is 0.333. The van der Waals surface area contributed by atoms with Gasteiger partial charge in [0.1, 0.15) is 5.66 Å². The Morgan fingerprint density at radius 3 is 2.07 bits per heavy atom. The van der Waals surface area contributed by atoms with E-state index in [2.05, 4.69) is 64.1 Å². The summed E-state index contributed by atoms with van der Waals surface area (Å²) in [7, 11) is 0. The Labute approximate surface area is 171 Å². The molecule has 0 aliphatic carbocycles. The monoisotopic (exact) mass is 376 g/mol. The fourth-order valence-corrected chi connectivity index (χ4v) is 7.41. The molecule has 8 rings (SSSR count). The zero-order valence-corrected chi connectivity index (χ0v) is 16.6. The number of allylic oxidation sites excluding steroid dienone is 1. The Hall–Kier alpha value is -2.74. The van der Waals surface area contributed by atoms with Crippen LogP contribution >= 0.6 is 0 Å². The maximum atomic E-state index is 2.91. The Morgan fingerprint density at radius 2 is 1.34 bits per heavy atom. The maximum absolute atomic E-state index is 2.91. The van der Waals surface area contributed by atoms with Gasteiger partial charge < -0.3 is 9.47 Å². The van der Waals surface area contributed by atoms with Crippen molar-refractivity contribution in [2.24, 2.45) is 0 Å². The van der Waals surface area contributed by atoms with Crippen LogP contribution in [0.5, 0.6) is 0 Å². The van der Waals surface area contributed by atoms with Crippen LogP contribution in [0, 0.1) is 0 Å². The third-order valence-corrected chi connectivity index (χ3v) is 8.44. The van der Waals surface area contributed by atoms with Crippen molar-refractivity contribution in [2.45, 2.75) is 56.7 Å². The molecule has 2 nitrogen and oxygen atoms in total. The van der Waals surface area contributed by atoms with Gasteiger partial charge in [-0.1, -0.05) is 42.5 Å². The lowest BCUT2D eigenvalue weighted by Crippen LogP contribution is -2.54. The molecule has 0 N–H and O–H groups in total. The summed E-state index contributed by atoms with van der Waals surface area (Å²) in [4.78, 5) is 2.91. The first kappa shape index (κ1) is 15.1. The average molecular weight is 377 g/mol. The molecular formula is C27H24N2. The molecule has 142 valence electrons. The van der Waals surface area contributed by atoms with Crippen molar-refractivity contribution in [1.82, 2.24) is 9.47 Å². The molecule has 2 atom stereocenters. The standard InChI is InChI=1S/C27H24N2/c1-3-17-11-21-7-9-23-13-19-5-2-6-20-14-24-10-8-22-12-18(4-1)25(17)15-27(28(21)23,29(22)24)16-26(19)20/h1-9,24H,10-16H2/t24?,27-/m1/s1. The molecule has 0 radical (unpaired) electrons. The van der Waals surface area contributed by atoms with E-state index in [0.29, 0.717) is 6.04 Å². The minimum absolute atomic E-state index is 0.0247. The van der Waals surface area contributed by atoms with E-state index in [1.807, 2.05) is 0 Å². The van der Waals surface area contributed by atoms with Gasteiger partial charge in [0.15, 0.2) is 0 Å². The van der Waals surface area contributed by atoms with E-state index in [1.54, 1.807) is 39.1 Å². The van der Waals surface area contributed by atoms with Crippen LogP contribution in [0.1, 0.15) is 51.2 Å². The Morgan fingerprint density at radius 1 is 0.724 bits per heavy atom. The number of nitrogens with zero attached hydrogens (tertiary/aromatic N) is 2. The second-order valence-electron chi connectivity index (χ2n) is 9.79. The minimum Gasteiger partial charge on any atom is -0.348 e. The average Bonchev–Trinajstić information content (AvgIpc) is 3.12. The quantitative estimate of drug-likeness (QED) is 0.561. The molecule has 0 amide bonds. The second kappa shape index (κ2) is 4.87. The highest BCUT2D eigenvalue weighted by Crippen LogP contribution is 2.51. The van der Waals surface area contributed by atoms with Crippen LogP contribution in [-0.2, 0) is 44.2 Å². The third-order valence-electron chi connectivity index (χ3n) is 8.44. The molecule has 1 spiro atoms. The molecule has 5 aliphatic rings. The van der Waals surface area contributed by atoms with Crippen molar-refractivity contribution in [2.75, 3.05) is 0 Å². The second-order valence-corrected chi connectivity index (χ2v) is 9.79. The van der Waals surface area contributed by atoms with E-state index in [9.17, 15) is 0 Å². The van der Waals surface area contributed by atoms with Gasteiger partial charge in [0.2, 0.25) is 0 Å². The van der Waals surface area contributed by atoms with Gasteiger partial charge in [0.05, 0.1) is 0 Å². The summed E-state index contributed by atoms with van der Waals surface area (Å²) in [6.07, 6.45) is 10.5. The number of benzene rings is 2. The number of hydrogen-bond donors (Lipinski definition) is 0. The van der Waals surface area contributed by atoms with Crippen molar-refractivity contribution < 1.29 is 0 Å². The summed E-state index contributed by atoms with van der Waals surface area (Å²) in [5, 5.41) is 0. The van der Waals surface area contributed by atoms with Gasteiger partial charge in [-0.2, -0.15) is 0 Å². The van der Waals surface area contributed by atoms with Crippen molar-refractivity contribution in [3.63, 3.8) is 0 Å². The van der Waals surface area contributed by atoms with Crippen molar-refractivity contribution >= 4 is 0 Å². The van der Waals surface area contributed by atoms with Crippen molar-refractivity contribution in [3.05, 3.63) is 105 Å². The minimum atomic E-state index is 0.0247. The molecular weight excluding hydrogens is 352 g/mol. The lowest BCUT2D eigenvalue weighted by atomic mass is 9.87. The molecule has 0 saturated heterocycles. The van der Waals surface area contributed by atoms with E-state index >= 15 is 0 Å². The summed E-state index contributed by atoms with van der Waals surface area (Å²) >= 11 is 0. The summed E-state index contributed by atoms with van der Waals surface area (Å²) < 4.78 is 2.81. The smallest absolute Gasteiger partial charge is 0.125 e. The van der Waals surface area contributed by atoms with Crippen LogP contribution in [0.4, 0.5) is 0 Å². The fourth-order valence-electron chi connectivity index (χ4n) is 7.41. The molecule has 3 aromatic rings. The van der Waals surface area contributed by atoms with Gasteiger partial charge in [-0.05, 0) is 58.4 Å². The molecule has 29 heavy (non-hydrogen) atoms. The molecule has 1 unspecified atom stereocenters. The van der Waals surface area contributed by atoms with Gasteiger partial charge >= 0.3 is 0 Å². The summed E-state index contributed by atoms with van der Waals surface area (Å²) in [6, 6.07) is 19.6. The molecule has 3 bridgehead atoms. The van der Waals surface area contributed by atoms with Crippen molar-refractivity contribution in [1.29, 1.82) is 0 Å². The first-order valence-electron chi connectivity index (χ1n) is 11.2. The summed E-state index contributed by atoms with van der Waals surface area (Å²) in [6.45, 7) is 0.